The van der Waals surface area contributed by atoms with Gasteiger partial charge in [-0.2, -0.15) is 0 Å². The van der Waals surface area contributed by atoms with Gasteiger partial charge in [-0.25, -0.2) is 0 Å². The van der Waals surface area contributed by atoms with E-state index < -0.39 is 5.69 Å². The SMILES string of the molecule is CN(C)CC(OP(O)(=S)S)C1CCCCC1. The summed E-state index contributed by atoms with van der Waals surface area (Å²) < 4.78 is 5.59. The molecule has 1 rings (SSSR count). The van der Waals surface area contributed by atoms with E-state index in [1.165, 1.54) is 32.1 Å². The van der Waals surface area contributed by atoms with E-state index in [0.717, 1.165) is 6.54 Å². The average Bonchev–Trinajstić information content (AvgIpc) is 2.15. The smallest absolute Gasteiger partial charge is 0.241 e. The van der Waals surface area contributed by atoms with Gasteiger partial charge in [0, 0.05) is 6.54 Å². The Kier molecular flexibility index (Phi) is 6.27. The number of thiol groups is 1. The van der Waals surface area contributed by atoms with E-state index >= 15 is 0 Å². The standard InChI is InChI=1S/C10H22NO2PS2/c1-11(2)8-10(13-14(12,15)16)9-6-4-3-5-7-9/h9-10H,3-8H2,1-2H3,(H2,12,15,16). The van der Waals surface area contributed by atoms with Crippen LogP contribution in [-0.2, 0) is 16.3 Å². The van der Waals surface area contributed by atoms with Crippen LogP contribution in [0.4, 0.5) is 0 Å². The molecule has 0 bridgehead atoms. The van der Waals surface area contributed by atoms with Crippen LogP contribution in [0.15, 0.2) is 0 Å². The average molecular weight is 283 g/mol. The highest BCUT2D eigenvalue weighted by Crippen LogP contribution is 2.50. The van der Waals surface area contributed by atoms with Gasteiger partial charge < -0.3 is 14.3 Å². The molecule has 0 amide bonds. The fourth-order valence-electron chi connectivity index (χ4n) is 2.31. The second-order valence-electron chi connectivity index (χ2n) is 4.79. The van der Waals surface area contributed by atoms with E-state index in [0.29, 0.717) is 5.92 Å². The van der Waals surface area contributed by atoms with Crippen LogP contribution >= 0.6 is 17.9 Å². The summed E-state index contributed by atoms with van der Waals surface area (Å²) in [5.74, 6) is 0.526. The molecule has 16 heavy (non-hydrogen) atoms. The third-order valence-corrected chi connectivity index (χ3v) is 4.08. The van der Waals surface area contributed by atoms with Crippen LogP contribution < -0.4 is 0 Å². The second-order valence-corrected chi connectivity index (χ2v) is 9.91. The third kappa shape index (κ3) is 5.99. The van der Waals surface area contributed by atoms with Gasteiger partial charge in [-0.3, -0.25) is 0 Å². The molecule has 0 aromatic carbocycles. The Balaban J connectivity index is 2.58. The monoisotopic (exact) mass is 283 g/mol. The first kappa shape index (κ1) is 14.9. The van der Waals surface area contributed by atoms with Gasteiger partial charge in [0.05, 0.1) is 6.10 Å². The minimum absolute atomic E-state index is 0.0311. The molecule has 1 fully saturated rings. The summed E-state index contributed by atoms with van der Waals surface area (Å²) in [5.41, 5.74) is -2.84. The van der Waals surface area contributed by atoms with Gasteiger partial charge in [0.25, 0.3) is 0 Å². The fourth-order valence-corrected chi connectivity index (χ4v) is 3.60. The highest BCUT2D eigenvalue weighted by molar-refractivity contribution is 8.59. The molecule has 96 valence electrons. The zero-order valence-electron chi connectivity index (χ0n) is 10.0. The second kappa shape index (κ2) is 6.72. The zero-order chi connectivity index (χ0) is 12.2. The van der Waals surface area contributed by atoms with Crippen LogP contribution in [0, 0.1) is 5.92 Å². The maximum atomic E-state index is 9.58. The van der Waals surface area contributed by atoms with Crippen LogP contribution in [0.25, 0.3) is 0 Å². The van der Waals surface area contributed by atoms with Gasteiger partial charge in [-0.15, -0.1) is 0 Å². The number of nitrogens with zero attached hydrogens (tertiary/aromatic N) is 1. The number of rotatable bonds is 5. The summed E-state index contributed by atoms with van der Waals surface area (Å²) in [6, 6.07) is 0. The molecule has 0 aromatic heterocycles. The maximum Gasteiger partial charge on any atom is 0.241 e. The van der Waals surface area contributed by atoms with Gasteiger partial charge >= 0.3 is 0 Å². The molecular weight excluding hydrogens is 261 g/mol. The van der Waals surface area contributed by atoms with Gasteiger partial charge in [0.2, 0.25) is 5.69 Å². The molecule has 3 nitrogen and oxygen atoms in total. The summed E-state index contributed by atoms with van der Waals surface area (Å²) in [5, 5.41) is 0. The largest absolute Gasteiger partial charge is 0.338 e. The fraction of sp³-hybridized carbons (Fsp3) is 1.00. The highest BCUT2D eigenvalue weighted by atomic mass is 32.9. The van der Waals surface area contributed by atoms with Crippen LogP contribution in [0.1, 0.15) is 32.1 Å². The molecule has 0 heterocycles. The van der Waals surface area contributed by atoms with Crippen molar-refractivity contribution in [1.82, 2.24) is 4.90 Å². The van der Waals surface area contributed by atoms with Crippen LogP contribution in [0.3, 0.4) is 0 Å². The third-order valence-electron chi connectivity index (χ3n) is 2.99. The van der Waals surface area contributed by atoms with E-state index in [4.69, 9.17) is 16.3 Å². The highest BCUT2D eigenvalue weighted by Gasteiger charge is 2.28. The molecule has 0 aliphatic heterocycles. The van der Waals surface area contributed by atoms with Crippen molar-refractivity contribution in [3.8, 4) is 0 Å². The Morgan fingerprint density at radius 3 is 2.44 bits per heavy atom. The minimum Gasteiger partial charge on any atom is -0.338 e. The topological polar surface area (TPSA) is 32.7 Å². The Hall–Kier alpha value is 0.880. The number of likely N-dealkylation sites (N-methyl/N-ethyl adjacent to an activating group) is 1. The van der Waals surface area contributed by atoms with Crippen LogP contribution in [0.5, 0.6) is 0 Å². The molecule has 1 N–H and O–H groups in total. The molecule has 1 saturated carbocycles. The van der Waals surface area contributed by atoms with E-state index in [1.807, 2.05) is 14.1 Å². The molecule has 0 spiro atoms. The predicted octanol–water partition coefficient (Wildman–Crippen LogP) is 2.66. The summed E-state index contributed by atoms with van der Waals surface area (Å²) >= 11 is 8.85. The molecule has 6 heteroatoms. The van der Waals surface area contributed by atoms with E-state index in [1.54, 1.807) is 0 Å². The van der Waals surface area contributed by atoms with Crippen molar-refractivity contribution in [3.05, 3.63) is 0 Å². The van der Waals surface area contributed by atoms with E-state index in [9.17, 15) is 4.89 Å². The van der Waals surface area contributed by atoms with Gasteiger partial charge in [0.1, 0.15) is 0 Å². The summed E-state index contributed by atoms with van der Waals surface area (Å²) in [4.78, 5) is 11.7. The van der Waals surface area contributed by atoms with Crippen molar-refractivity contribution in [1.29, 1.82) is 0 Å². The number of hydrogen-bond donors (Lipinski definition) is 2. The van der Waals surface area contributed by atoms with Crippen LogP contribution in [0.2, 0.25) is 0 Å². The first-order chi connectivity index (χ1) is 7.38. The van der Waals surface area contributed by atoms with Crippen molar-refractivity contribution in [2.45, 2.75) is 38.2 Å². The van der Waals surface area contributed by atoms with Crippen molar-refractivity contribution in [3.63, 3.8) is 0 Å². The maximum absolute atomic E-state index is 9.58. The molecular formula is C10H22NO2PS2. The summed E-state index contributed by atoms with van der Waals surface area (Å²) in [6.45, 7) is 0.810. The minimum atomic E-state index is -2.84. The number of hydrogen-bond acceptors (Lipinski definition) is 3. The molecule has 0 aromatic rings. The Bertz CT molecular complexity index is 251. The van der Waals surface area contributed by atoms with Crippen molar-refractivity contribution < 1.29 is 9.42 Å². The molecule has 0 saturated heterocycles. The lowest BCUT2D eigenvalue weighted by Crippen LogP contribution is -2.34. The molecule has 2 atom stereocenters. The summed E-state index contributed by atoms with van der Waals surface area (Å²) in [7, 11) is 4.02. The first-order valence-electron chi connectivity index (χ1n) is 5.77. The molecule has 2 unspecified atom stereocenters. The molecule has 0 radical (unpaired) electrons. The Morgan fingerprint density at radius 1 is 1.44 bits per heavy atom. The van der Waals surface area contributed by atoms with E-state index in [2.05, 4.69) is 17.1 Å². The lowest BCUT2D eigenvalue weighted by atomic mass is 9.85. The molecule has 1 aliphatic carbocycles. The first-order valence-corrected chi connectivity index (χ1v) is 9.60. The van der Waals surface area contributed by atoms with Crippen LogP contribution in [-0.4, -0.2) is 36.5 Å². The quantitative estimate of drug-likeness (QED) is 0.600. The lowest BCUT2D eigenvalue weighted by molar-refractivity contribution is 0.0866. The normalized spacial score (nSPS) is 24.3. The zero-order valence-corrected chi connectivity index (χ0v) is 12.6. The van der Waals surface area contributed by atoms with Crippen molar-refractivity contribution in [2.24, 2.45) is 5.92 Å². The Morgan fingerprint density at radius 2 is 2.00 bits per heavy atom. The van der Waals surface area contributed by atoms with Crippen molar-refractivity contribution >= 4 is 29.7 Å². The van der Waals surface area contributed by atoms with Gasteiger partial charge in [0.15, 0.2) is 0 Å². The Labute approximate surface area is 109 Å². The van der Waals surface area contributed by atoms with E-state index in [-0.39, 0.29) is 6.10 Å². The van der Waals surface area contributed by atoms with Crippen molar-refractivity contribution in [2.75, 3.05) is 20.6 Å². The summed E-state index contributed by atoms with van der Waals surface area (Å²) in [6.07, 6.45) is 6.24. The van der Waals surface area contributed by atoms with Gasteiger partial charge in [-0.1, -0.05) is 31.5 Å². The lowest BCUT2D eigenvalue weighted by Gasteiger charge is -2.33. The predicted molar refractivity (Wildman–Crippen MR) is 75.5 cm³/mol. The molecule has 1 aliphatic rings. The van der Waals surface area contributed by atoms with Gasteiger partial charge in [-0.05, 0) is 44.7 Å².